The van der Waals surface area contributed by atoms with E-state index in [9.17, 15) is 55.9 Å². The lowest BCUT2D eigenvalue weighted by molar-refractivity contribution is -0.377. The van der Waals surface area contributed by atoms with Crippen molar-refractivity contribution in [2.45, 2.75) is 99.0 Å². The maximum absolute atomic E-state index is 11.7. The average Bonchev–Trinajstić information content (AvgIpc) is 2.79. The van der Waals surface area contributed by atoms with Gasteiger partial charge in [-0.1, -0.05) is 0 Å². The summed E-state index contributed by atoms with van der Waals surface area (Å²) in [6.07, 6.45) is -26.4. The summed E-state index contributed by atoms with van der Waals surface area (Å²) in [7, 11) is 0. The van der Waals surface area contributed by atoms with E-state index in [4.69, 9.17) is 23.7 Å². The van der Waals surface area contributed by atoms with Crippen LogP contribution in [0, 0.1) is 0 Å². The van der Waals surface area contributed by atoms with Crippen LogP contribution in [0.15, 0.2) is 0 Å². The molecule has 16 nitrogen and oxygen atoms in total. The quantitative estimate of drug-likeness (QED) is 0.162. The molecule has 198 valence electrons. The number of rotatable bonds is 6. The van der Waals surface area contributed by atoms with Gasteiger partial charge < -0.3 is 74.7 Å². The molecule has 16 heteroatoms. The van der Waals surface area contributed by atoms with Gasteiger partial charge in [0.2, 0.25) is 0 Å². The minimum atomic E-state index is -2.12. The Labute approximate surface area is 192 Å². The fourth-order valence-electron chi connectivity index (χ4n) is 3.95. The van der Waals surface area contributed by atoms with Gasteiger partial charge in [0.05, 0.1) is 12.7 Å². The molecule has 0 spiro atoms. The topological polar surface area (TPSA) is 266 Å². The van der Waals surface area contributed by atoms with Gasteiger partial charge in [0.15, 0.2) is 25.0 Å². The molecule has 0 aromatic rings. The zero-order chi connectivity index (χ0) is 25.5. The molecule has 3 aliphatic rings. The van der Waals surface area contributed by atoms with Crippen molar-refractivity contribution in [1.82, 2.24) is 0 Å². The van der Waals surface area contributed by atoms with Gasteiger partial charge in [0.1, 0.15) is 61.0 Å². The number of carbonyl (C=O) groups is 1. The maximum atomic E-state index is 11.7. The Bertz CT molecular complexity index is 693. The normalized spacial score (nSPS) is 52.4. The Balaban J connectivity index is 1.79. The predicted molar refractivity (Wildman–Crippen MR) is 100 cm³/mol. The van der Waals surface area contributed by atoms with Crippen LogP contribution in [-0.4, -0.2) is 156 Å². The number of hydrogen-bond acceptors (Lipinski definition) is 15. The van der Waals surface area contributed by atoms with Crippen LogP contribution < -0.4 is 0 Å². The molecule has 0 amide bonds. The highest BCUT2D eigenvalue weighted by Crippen LogP contribution is 2.32. The van der Waals surface area contributed by atoms with E-state index in [-0.39, 0.29) is 0 Å². The minimum Gasteiger partial charge on any atom is -0.479 e. The molecule has 0 aromatic carbocycles. The standard InChI is InChI=1S/C18H30O16/c1-3-5(20)7(22)9(24)17(30-3)33-12-11(26)13(16(29)32-14(12)15(27)28)34-18-10(25)8(23)6(21)4(2-19)31-18/h3-14,16-26,29H,2H2,1H3,(H,27,28)/t3-,4+,5-,6-,7+,8-,9+,10+,11-,12-,13+,14-,16?,17-,18-/m0/s1. The molecule has 0 bridgehead atoms. The second-order valence-electron chi connectivity index (χ2n) is 8.36. The van der Waals surface area contributed by atoms with E-state index >= 15 is 0 Å². The van der Waals surface area contributed by atoms with E-state index in [0.29, 0.717) is 0 Å². The van der Waals surface area contributed by atoms with E-state index < -0.39 is 105 Å². The van der Waals surface area contributed by atoms with E-state index in [2.05, 4.69) is 0 Å². The van der Waals surface area contributed by atoms with E-state index in [0.717, 1.165) is 0 Å². The molecule has 0 aliphatic carbocycles. The van der Waals surface area contributed by atoms with Crippen LogP contribution in [0.2, 0.25) is 0 Å². The number of ether oxygens (including phenoxy) is 5. The number of aliphatic hydroxyl groups is 9. The van der Waals surface area contributed by atoms with Crippen molar-refractivity contribution in [2.24, 2.45) is 0 Å². The molecule has 3 aliphatic heterocycles. The van der Waals surface area contributed by atoms with Gasteiger partial charge in [-0.15, -0.1) is 0 Å². The smallest absolute Gasteiger partial charge is 0.335 e. The number of aliphatic carboxylic acids is 1. The third kappa shape index (κ3) is 5.20. The van der Waals surface area contributed by atoms with Crippen molar-refractivity contribution in [3.8, 4) is 0 Å². The molecule has 34 heavy (non-hydrogen) atoms. The Hall–Kier alpha value is -1.09. The number of carboxylic acids is 1. The Kier molecular flexibility index (Phi) is 8.81. The van der Waals surface area contributed by atoms with Crippen LogP contribution in [0.4, 0.5) is 0 Å². The van der Waals surface area contributed by atoms with Crippen molar-refractivity contribution in [3.05, 3.63) is 0 Å². The fourth-order valence-corrected chi connectivity index (χ4v) is 3.95. The zero-order valence-corrected chi connectivity index (χ0v) is 17.8. The van der Waals surface area contributed by atoms with Crippen LogP contribution in [0.5, 0.6) is 0 Å². The number of carboxylic acid groups (broad SMARTS) is 1. The largest absolute Gasteiger partial charge is 0.479 e. The molecule has 3 fully saturated rings. The monoisotopic (exact) mass is 502 g/mol. The van der Waals surface area contributed by atoms with Gasteiger partial charge in [-0.2, -0.15) is 0 Å². The summed E-state index contributed by atoms with van der Waals surface area (Å²) >= 11 is 0. The van der Waals surface area contributed by atoms with Crippen LogP contribution in [-0.2, 0) is 28.5 Å². The molecule has 3 heterocycles. The molecule has 3 rings (SSSR count). The maximum Gasteiger partial charge on any atom is 0.335 e. The van der Waals surface area contributed by atoms with Crippen LogP contribution in [0.25, 0.3) is 0 Å². The summed E-state index contributed by atoms with van der Waals surface area (Å²) in [6, 6.07) is 0. The van der Waals surface area contributed by atoms with E-state index in [1.807, 2.05) is 0 Å². The molecule has 0 radical (unpaired) electrons. The van der Waals surface area contributed by atoms with Crippen molar-refractivity contribution in [3.63, 3.8) is 0 Å². The highest BCUT2D eigenvalue weighted by molar-refractivity contribution is 5.73. The molecule has 3 saturated heterocycles. The second kappa shape index (κ2) is 10.9. The van der Waals surface area contributed by atoms with Gasteiger partial charge in [-0.05, 0) is 6.92 Å². The van der Waals surface area contributed by atoms with Crippen LogP contribution in [0.1, 0.15) is 6.92 Å². The van der Waals surface area contributed by atoms with Crippen LogP contribution in [0.3, 0.4) is 0 Å². The van der Waals surface area contributed by atoms with E-state index in [1.54, 1.807) is 0 Å². The Morgan fingerprint density at radius 1 is 0.706 bits per heavy atom. The Morgan fingerprint density at radius 2 is 1.24 bits per heavy atom. The second-order valence-corrected chi connectivity index (χ2v) is 8.36. The highest BCUT2D eigenvalue weighted by Gasteiger charge is 2.54. The van der Waals surface area contributed by atoms with Crippen LogP contribution >= 0.6 is 0 Å². The summed E-state index contributed by atoms with van der Waals surface area (Å²) < 4.78 is 26.1. The van der Waals surface area contributed by atoms with Gasteiger partial charge in [-0.3, -0.25) is 0 Å². The summed E-state index contributed by atoms with van der Waals surface area (Å²) in [4.78, 5) is 11.7. The van der Waals surface area contributed by atoms with Gasteiger partial charge in [-0.25, -0.2) is 4.79 Å². The van der Waals surface area contributed by atoms with Gasteiger partial charge in [0.25, 0.3) is 0 Å². The van der Waals surface area contributed by atoms with Gasteiger partial charge in [0, 0.05) is 0 Å². The lowest BCUT2D eigenvalue weighted by Gasteiger charge is -2.47. The first-order chi connectivity index (χ1) is 15.9. The van der Waals surface area contributed by atoms with Gasteiger partial charge >= 0.3 is 5.97 Å². The molecular formula is C18H30O16. The molecule has 1 unspecified atom stereocenters. The van der Waals surface area contributed by atoms with Crippen molar-refractivity contribution in [2.75, 3.05) is 6.61 Å². The Morgan fingerprint density at radius 3 is 1.79 bits per heavy atom. The SMILES string of the molecule is C[C@@H]1O[C@@H](O[C@H]2[C@H](O)[C@@H](O[C@@H]3O[C@H](CO)[C@H](O)[C@H](O)[C@H]3O)C(O)O[C@@H]2C(=O)O)[C@H](O)[C@H](O)[C@H]1O. The lowest BCUT2D eigenvalue weighted by atomic mass is 9.96. The molecule has 0 saturated carbocycles. The molecular weight excluding hydrogens is 472 g/mol. The number of hydrogen-bond donors (Lipinski definition) is 10. The average molecular weight is 502 g/mol. The molecule has 15 atom stereocenters. The molecule has 10 N–H and O–H groups in total. The highest BCUT2D eigenvalue weighted by atomic mass is 16.8. The summed E-state index contributed by atoms with van der Waals surface area (Å²) in [5.41, 5.74) is 0. The van der Waals surface area contributed by atoms with Crippen molar-refractivity contribution < 1.29 is 79.5 Å². The first kappa shape index (κ1) is 27.5. The lowest BCUT2D eigenvalue weighted by Crippen LogP contribution is -2.66. The predicted octanol–water partition coefficient (Wildman–Crippen LogP) is -6.45. The third-order valence-corrected chi connectivity index (χ3v) is 6.02. The summed E-state index contributed by atoms with van der Waals surface area (Å²) in [5, 5.41) is 99.5. The zero-order valence-electron chi connectivity index (χ0n) is 17.8. The first-order valence-electron chi connectivity index (χ1n) is 10.4. The first-order valence-corrected chi connectivity index (χ1v) is 10.4. The van der Waals surface area contributed by atoms with Crippen molar-refractivity contribution >= 4 is 5.97 Å². The minimum absolute atomic E-state index is 0.785. The summed E-state index contributed by atoms with van der Waals surface area (Å²) in [6.45, 7) is 0.556. The number of aliphatic hydroxyl groups excluding tert-OH is 9. The fraction of sp³-hybridized carbons (Fsp3) is 0.944. The van der Waals surface area contributed by atoms with E-state index in [1.165, 1.54) is 6.92 Å². The third-order valence-electron chi connectivity index (χ3n) is 6.02. The van der Waals surface area contributed by atoms with Crippen molar-refractivity contribution in [1.29, 1.82) is 0 Å². The molecule has 0 aromatic heterocycles. The summed E-state index contributed by atoms with van der Waals surface area (Å²) in [5.74, 6) is -1.69.